The van der Waals surface area contributed by atoms with Crippen molar-refractivity contribution >= 4 is 22.6 Å². The van der Waals surface area contributed by atoms with Crippen LogP contribution in [0, 0.1) is 0 Å². The fourth-order valence-corrected chi connectivity index (χ4v) is 0.354. The van der Waals surface area contributed by atoms with Crippen molar-refractivity contribution in [1.82, 2.24) is 0 Å². The molecule has 0 fully saturated rings. The van der Waals surface area contributed by atoms with E-state index in [0.717, 1.165) is 0 Å². The predicted molar refractivity (Wildman–Crippen MR) is 37.5 cm³/mol. The smallest absolute Gasteiger partial charge is 0.303 e. The summed E-state index contributed by atoms with van der Waals surface area (Å²) >= 11 is 3.53. The average molecular weight is 140 g/mol. The van der Waals surface area contributed by atoms with Crippen molar-refractivity contribution in [3.05, 3.63) is 0 Å². The third-order valence-corrected chi connectivity index (χ3v) is 0.707. The van der Waals surface area contributed by atoms with E-state index in [1.54, 1.807) is 20.5 Å². The second-order valence-electron chi connectivity index (χ2n) is 0.695. The molecule has 0 aliphatic rings. The van der Waals surface area contributed by atoms with Crippen LogP contribution >= 0.6 is 12.6 Å². The Hall–Kier alpha value is 0.487. The molecule has 0 aliphatic heterocycles. The summed E-state index contributed by atoms with van der Waals surface area (Å²) in [5, 5.41) is 0. The highest BCUT2D eigenvalue weighted by Gasteiger charge is 1.67. The van der Waals surface area contributed by atoms with Gasteiger partial charge in [0.05, 0.1) is 0 Å². The molecule has 0 spiro atoms. The molecular formula is C3H12O2SSi. The highest BCUT2D eigenvalue weighted by Crippen LogP contribution is 1.55. The first-order chi connectivity index (χ1) is 3.41. The van der Waals surface area contributed by atoms with Crippen LogP contribution in [-0.2, 0) is 8.85 Å². The van der Waals surface area contributed by atoms with Crippen LogP contribution in [-0.4, -0.2) is 30.5 Å². The van der Waals surface area contributed by atoms with Gasteiger partial charge in [-0.1, -0.05) is 0 Å². The summed E-state index contributed by atoms with van der Waals surface area (Å²) in [5.41, 5.74) is 0. The van der Waals surface area contributed by atoms with Crippen LogP contribution in [0.2, 0.25) is 0 Å². The van der Waals surface area contributed by atoms with E-state index in [-0.39, 0.29) is 0 Å². The Bertz CT molecular complexity index is 20.4. The number of rotatable bonds is 2. The quantitative estimate of drug-likeness (QED) is 0.424. The lowest BCUT2D eigenvalue weighted by Gasteiger charge is -1.86. The second-order valence-corrected chi connectivity index (χ2v) is 2.09. The molecule has 0 aromatic heterocycles. The molecule has 0 aromatic carbocycles. The molecule has 0 radical (unpaired) electrons. The Morgan fingerprint density at radius 1 is 1.14 bits per heavy atom. The lowest BCUT2D eigenvalue weighted by Crippen LogP contribution is -1.93. The SMILES string of the molecule is CO[SiH2]OC.CS. The van der Waals surface area contributed by atoms with E-state index in [1.807, 2.05) is 0 Å². The molecule has 7 heavy (non-hydrogen) atoms. The van der Waals surface area contributed by atoms with Gasteiger partial charge in [-0.3, -0.25) is 0 Å². The van der Waals surface area contributed by atoms with E-state index < -0.39 is 10.0 Å². The molecule has 0 aliphatic carbocycles. The topological polar surface area (TPSA) is 18.5 Å². The first-order valence-electron chi connectivity index (χ1n) is 1.84. The van der Waals surface area contributed by atoms with E-state index in [9.17, 15) is 0 Å². The van der Waals surface area contributed by atoms with Gasteiger partial charge in [0.25, 0.3) is 0 Å². The largest absolute Gasteiger partial charge is 0.402 e. The van der Waals surface area contributed by atoms with Crippen LogP contribution in [0.5, 0.6) is 0 Å². The third-order valence-electron chi connectivity index (χ3n) is 0.236. The van der Waals surface area contributed by atoms with Gasteiger partial charge in [0.2, 0.25) is 0 Å². The standard InChI is InChI=1S/C2H8O2Si.CH4S/c1-3-5-4-2;1-2/h5H2,1-2H3;2H,1H3. The van der Waals surface area contributed by atoms with Crippen molar-refractivity contribution in [3.63, 3.8) is 0 Å². The Labute approximate surface area is 52.7 Å². The highest BCUT2D eigenvalue weighted by atomic mass is 32.1. The number of hydrogen-bond acceptors (Lipinski definition) is 3. The molecule has 0 saturated heterocycles. The fraction of sp³-hybridized carbons (Fsp3) is 1.00. The summed E-state index contributed by atoms with van der Waals surface area (Å²) in [6.45, 7) is 0. The molecular weight excluding hydrogens is 128 g/mol. The van der Waals surface area contributed by atoms with Gasteiger partial charge in [-0.2, -0.15) is 12.6 Å². The lowest BCUT2D eigenvalue weighted by molar-refractivity contribution is 0.309. The highest BCUT2D eigenvalue weighted by molar-refractivity contribution is 7.79. The van der Waals surface area contributed by atoms with Crippen molar-refractivity contribution in [2.24, 2.45) is 0 Å². The van der Waals surface area contributed by atoms with Crippen LogP contribution in [0.4, 0.5) is 0 Å². The van der Waals surface area contributed by atoms with Crippen LogP contribution in [0.15, 0.2) is 0 Å². The molecule has 2 nitrogen and oxygen atoms in total. The third kappa shape index (κ3) is 21.1. The molecule has 0 atom stereocenters. The van der Waals surface area contributed by atoms with Crippen molar-refractivity contribution in [2.75, 3.05) is 20.5 Å². The molecule has 0 heterocycles. The van der Waals surface area contributed by atoms with E-state index in [4.69, 9.17) is 0 Å². The fourth-order valence-electron chi connectivity index (χ4n) is 0.118. The molecule has 0 bridgehead atoms. The second kappa shape index (κ2) is 16.1. The Kier molecular flexibility index (Phi) is 24.0. The maximum absolute atomic E-state index is 4.61. The minimum Gasteiger partial charge on any atom is -0.402 e. The minimum absolute atomic E-state index is 0.568. The van der Waals surface area contributed by atoms with Crippen molar-refractivity contribution in [3.8, 4) is 0 Å². The molecule has 0 rings (SSSR count). The van der Waals surface area contributed by atoms with Gasteiger partial charge in [0.15, 0.2) is 0 Å². The summed E-state index contributed by atoms with van der Waals surface area (Å²) in [5.74, 6) is 0. The minimum atomic E-state index is -0.568. The summed E-state index contributed by atoms with van der Waals surface area (Å²) in [6.07, 6.45) is 1.69. The normalized spacial score (nSPS) is 6.86. The van der Waals surface area contributed by atoms with E-state index in [1.165, 1.54) is 0 Å². The van der Waals surface area contributed by atoms with Gasteiger partial charge in [0.1, 0.15) is 0 Å². The van der Waals surface area contributed by atoms with Crippen LogP contribution in [0.1, 0.15) is 0 Å². The average Bonchev–Trinajstić information content (AvgIpc) is 1.75. The van der Waals surface area contributed by atoms with E-state index in [0.29, 0.717) is 0 Å². The van der Waals surface area contributed by atoms with Gasteiger partial charge < -0.3 is 8.85 Å². The predicted octanol–water partition coefficient (Wildman–Crippen LogP) is -0.176. The maximum atomic E-state index is 4.61. The molecule has 46 valence electrons. The van der Waals surface area contributed by atoms with Crippen molar-refractivity contribution < 1.29 is 8.85 Å². The Morgan fingerprint density at radius 2 is 1.43 bits per heavy atom. The van der Waals surface area contributed by atoms with Crippen LogP contribution in [0.3, 0.4) is 0 Å². The van der Waals surface area contributed by atoms with Gasteiger partial charge >= 0.3 is 10.0 Å². The van der Waals surface area contributed by atoms with Crippen LogP contribution < -0.4 is 0 Å². The zero-order valence-corrected chi connectivity index (χ0v) is 7.28. The first kappa shape index (κ1) is 10.5. The van der Waals surface area contributed by atoms with Crippen molar-refractivity contribution in [1.29, 1.82) is 0 Å². The maximum Gasteiger partial charge on any atom is 0.303 e. The first-order valence-corrected chi connectivity index (χ1v) is 3.89. The molecule has 0 amide bonds. The summed E-state index contributed by atoms with van der Waals surface area (Å²) < 4.78 is 9.22. The monoisotopic (exact) mass is 140 g/mol. The zero-order valence-electron chi connectivity index (χ0n) is 4.97. The molecule has 4 heteroatoms. The number of hydrogen-bond donors (Lipinski definition) is 1. The lowest BCUT2D eigenvalue weighted by atomic mass is 11.8. The Morgan fingerprint density at radius 3 is 1.43 bits per heavy atom. The van der Waals surface area contributed by atoms with E-state index in [2.05, 4.69) is 21.5 Å². The van der Waals surface area contributed by atoms with Crippen molar-refractivity contribution in [2.45, 2.75) is 0 Å². The van der Waals surface area contributed by atoms with Gasteiger partial charge in [-0.05, 0) is 6.26 Å². The summed E-state index contributed by atoms with van der Waals surface area (Å²) in [7, 11) is 2.73. The van der Waals surface area contributed by atoms with Gasteiger partial charge in [-0.25, -0.2) is 0 Å². The molecule has 0 aromatic rings. The summed E-state index contributed by atoms with van der Waals surface area (Å²) in [4.78, 5) is 0. The molecule has 0 saturated carbocycles. The number of thiol groups is 1. The van der Waals surface area contributed by atoms with Gasteiger partial charge in [0, 0.05) is 14.2 Å². The van der Waals surface area contributed by atoms with E-state index >= 15 is 0 Å². The summed E-state index contributed by atoms with van der Waals surface area (Å²) in [6, 6.07) is 0. The van der Waals surface area contributed by atoms with Gasteiger partial charge in [-0.15, -0.1) is 0 Å². The molecule has 0 N–H and O–H groups in total. The Balaban J connectivity index is 0. The van der Waals surface area contributed by atoms with Crippen LogP contribution in [0.25, 0.3) is 0 Å². The zero-order chi connectivity index (χ0) is 6.12. The molecule has 0 unspecified atom stereocenters.